The molecule has 1 fully saturated rings. The maximum Gasteiger partial charge on any atom is 0.278 e. The number of hydrogen-bond acceptors (Lipinski definition) is 6. The average Bonchev–Trinajstić information content (AvgIpc) is 3.27. The molecule has 1 amide bonds. The van der Waals surface area contributed by atoms with Gasteiger partial charge in [0.2, 0.25) is 0 Å². The summed E-state index contributed by atoms with van der Waals surface area (Å²) in [5.41, 5.74) is 2.34. The van der Waals surface area contributed by atoms with Gasteiger partial charge in [-0.3, -0.25) is 4.79 Å². The van der Waals surface area contributed by atoms with E-state index in [4.69, 9.17) is 14.5 Å². The number of benzene rings is 2. The molecule has 144 valence electrons. The quantitative estimate of drug-likeness (QED) is 0.732. The molecule has 0 aliphatic carbocycles. The average molecular weight is 378 g/mol. The normalized spacial score (nSPS) is 13.6. The van der Waals surface area contributed by atoms with E-state index in [1.807, 2.05) is 24.3 Å². The fraction of sp³-hybridized carbons (Fsp3) is 0.286. The van der Waals surface area contributed by atoms with Crippen molar-refractivity contribution in [3.8, 4) is 11.5 Å². The number of aromatic nitrogens is 2. The SMILES string of the molecule is COc1ccc(NC(=O)c2nc3ccccc3nc2N2CCCC2)c(OC)c1. The molecule has 1 aromatic heterocycles. The highest BCUT2D eigenvalue weighted by Crippen LogP contribution is 2.30. The largest absolute Gasteiger partial charge is 0.497 e. The maximum absolute atomic E-state index is 13.1. The molecule has 2 heterocycles. The lowest BCUT2D eigenvalue weighted by Gasteiger charge is -2.20. The number of para-hydroxylation sites is 2. The fourth-order valence-electron chi connectivity index (χ4n) is 3.38. The predicted octanol–water partition coefficient (Wildman–Crippen LogP) is 3.50. The Labute approximate surface area is 163 Å². The van der Waals surface area contributed by atoms with Crippen LogP contribution in [0.2, 0.25) is 0 Å². The number of rotatable bonds is 5. The molecule has 1 aliphatic heterocycles. The molecule has 0 radical (unpaired) electrons. The Balaban J connectivity index is 1.73. The number of nitrogens with one attached hydrogen (secondary N) is 1. The summed E-state index contributed by atoms with van der Waals surface area (Å²) >= 11 is 0. The Kier molecular flexibility index (Phi) is 4.97. The summed E-state index contributed by atoms with van der Waals surface area (Å²) in [5, 5.41) is 2.91. The molecular weight excluding hydrogens is 356 g/mol. The van der Waals surface area contributed by atoms with Crippen LogP contribution in [-0.2, 0) is 0 Å². The summed E-state index contributed by atoms with van der Waals surface area (Å²) in [4.78, 5) is 24.6. The van der Waals surface area contributed by atoms with Crippen LogP contribution in [0.25, 0.3) is 11.0 Å². The number of ether oxygens (including phenoxy) is 2. The first-order chi connectivity index (χ1) is 13.7. The number of anilines is 2. The van der Waals surface area contributed by atoms with Crippen molar-refractivity contribution >= 4 is 28.4 Å². The van der Waals surface area contributed by atoms with Crippen molar-refractivity contribution < 1.29 is 14.3 Å². The molecule has 0 unspecified atom stereocenters. The fourth-order valence-corrected chi connectivity index (χ4v) is 3.38. The number of hydrogen-bond donors (Lipinski definition) is 1. The number of amides is 1. The topological polar surface area (TPSA) is 76.6 Å². The van der Waals surface area contributed by atoms with Crippen LogP contribution in [-0.4, -0.2) is 43.2 Å². The first-order valence-corrected chi connectivity index (χ1v) is 9.24. The van der Waals surface area contributed by atoms with Gasteiger partial charge in [0.15, 0.2) is 11.5 Å². The van der Waals surface area contributed by atoms with Gasteiger partial charge in [-0.25, -0.2) is 9.97 Å². The van der Waals surface area contributed by atoms with Crippen molar-refractivity contribution in [1.82, 2.24) is 9.97 Å². The highest BCUT2D eigenvalue weighted by atomic mass is 16.5. The summed E-state index contributed by atoms with van der Waals surface area (Å²) in [7, 11) is 3.13. The third-order valence-electron chi connectivity index (χ3n) is 4.83. The number of nitrogens with zero attached hydrogens (tertiary/aromatic N) is 3. The molecular formula is C21H22N4O3. The summed E-state index contributed by atoms with van der Waals surface area (Å²) in [5.74, 6) is 1.48. The monoisotopic (exact) mass is 378 g/mol. The van der Waals surface area contributed by atoms with Gasteiger partial charge in [0.05, 0.1) is 30.9 Å². The van der Waals surface area contributed by atoms with E-state index in [1.165, 1.54) is 0 Å². The summed E-state index contributed by atoms with van der Waals surface area (Å²) in [6, 6.07) is 12.8. The zero-order valence-corrected chi connectivity index (χ0v) is 15.9. The Morgan fingerprint density at radius 1 is 1.00 bits per heavy atom. The van der Waals surface area contributed by atoms with E-state index < -0.39 is 0 Å². The van der Waals surface area contributed by atoms with Crippen LogP contribution < -0.4 is 19.7 Å². The smallest absolute Gasteiger partial charge is 0.278 e. The van der Waals surface area contributed by atoms with Gasteiger partial charge >= 0.3 is 0 Å². The lowest BCUT2D eigenvalue weighted by Crippen LogP contribution is -2.25. The molecule has 0 atom stereocenters. The van der Waals surface area contributed by atoms with E-state index in [0.29, 0.717) is 34.2 Å². The molecule has 3 aromatic rings. The van der Waals surface area contributed by atoms with Gasteiger partial charge in [-0.1, -0.05) is 12.1 Å². The van der Waals surface area contributed by atoms with Gasteiger partial charge in [-0.2, -0.15) is 0 Å². The molecule has 0 saturated carbocycles. The van der Waals surface area contributed by atoms with Gasteiger partial charge < -0.3 is 19.7 Å². The van der Waals surface area contributed by atoms with Gasteiger partial charge in [-0.15, -0.1) is 0 Å². The number of carbonyl (C=O) groups excluding carboxylic acids is 1. The first-order valence-electron chi connectivity index (χ1n) is 9.24. The zero-order chi connectivity index (χ0) is 19.5. The molecule has 7 nitrogen and oxygen atoms in total. The zero-order valence-electron chi connectivity index (χ0n) is 15.9. The molecule has 1 aliphatic rings. The first kappa shape index (κ1) is 18.0. The molecule has 1 N–H and O–H groups in total. The Bertz CT molecular complexity index is 1020. The predicted molar refractivity (Wildman–Crippen MR) is 108 cm³/mol. The van der Waals surface area contributed by atoms with Crippen molar-refractivity contribution in [2.45, 2.75) is 12.8 Å². The molecule has 4 rings (SSSR count). The second-order valence-electron chi connectivity index (χ2n) is 6.60. The highest BCUT2D eigenvalue weighted by molar-refractivity contribution is 6.08. The molecule has 2 aromatic carbocycles. The van der Waals surface area contributed by atoms with Crippen LogP contribution in [0.1, 0.15) is 23.3 Å². The lowest BCUT2D eigenvalue weighted by molar-refractivity contribution is 0.102. The van der Waals surface area contributed by atoms with Crippen molar-refractivity contribution in [2.24, 2.45) is 0 Å². The Morgan fingerprint density at radius 2 is 1.71 bits per heavy atom. The van der Waals surface area contributed by atoms with Crippen LogP contribution in [0, 0.1) is 0 Å². The minimum atomic E-state index is -0.316. The van der Waals surface area contributed by atoms with E-state index in [0.717, 1.165) is 31.4 Å². The van der Waals surface area contributed by atoms with Crippen LogP contribution in [0.4, 0.5) is 11.5 Å². The molecule has 1 saturated heterocycles. The summed E-state index contributed by atoms with van der Waals surface area (Å²) in [6.45, 7) is 1.75. The van der Waals surface area contributed by atoms with Crippen molar-refractivity contribution in [3.05, 3.63) is 48.2 Å². The van der Waals surface area contributed by atoms with Gasteiger partial charge in [0.25, 0.3) is 5.91 Å². The van der Waals surface area contributed by atoms with Gasteiger partial charge in [0.1, 0.15) is 11.5 Å². The van der Waals surface area contributed by atoms with Crippen LogP contribution >= 0.6 is 0 Å². The molecule has 28 heavy (non-hydrogen) atoms. The van der Waals surface area contributed by atoms with Gasteiger partial charge in [0, 0.05) is 19.2 Å². The summed E-state index contributed by atoms with van der Waals surface area (Å²) < 4.78 is 10.6. The Morgan fingerprint density at radius 3 is 2.39 bits per heavy atom. The van der Waals surface area contributed by atoms with Crippen molar-refractivity contribution in [2.75, 3.05) is 37.5 Å². The van der Waals surface area contributed by atoms with E-state index in [2.05, 4.69) is 15.2 Å². The molecule has 0 bridgehead atoms. The van der Waals surface area contributed by atoms with Gasteiger partial charge in [-0.05, 0) is 37.1 Å². The second kappa shape index (κ2) is 7.72. The van der Waals surface area contributed by atoms with E-state index in [1.54, 1.807) is 32.4 Å². The van der Waals surface area contributed by atoms with E-state index >= 15 is 0 Å². The number of fused-ring (bicyclic) bond motifs is 1. The highest BCUT2D eigenvalue weighted by Gasteiger charge is 2.24. The minimum Gasteiger partial charge on any atom is -0.497 e. The van der Waals surface area contributed by atoms with Crippen LogP contribution in [0.3, 0.4) is 0 Å². The Hall–Kier alpha value is -3.35. The standard InChI is InChI=1S/C21H22N4O3/c1-27-14-9-10-17(18(13-14)28-2)24-21(26)19-20(25-11-5-6-12-25)23-16-8-4-3-7-15(16)22-19/h3-4,7-10,13H,5-6,11-12H2,1-2H3,(H,24,26). The van der Waals surface area contributed by atoms with Crippen LogP contribution in [0.5, 0.6) is 11.5 Å². The third-order valence-corrected chi connectivity index (χ3v) is 4.83. The van der Waals surface area contributed by atoms with Crippen LogP contribution in [0.15, 0.2) is 42.5 Å². The molecule has 0 spiro atoms. The number of carbonyl (C=O) groups is 1. The number of methoxy groups -OCH3 is 2. The maximum atomic E-state index is 13.1. The van der Waals surface area contributed by atoms with Crippen molar-refractivity contribution in [3.63, 3.8) is 0 Å². The summed E-state index contributed by atoms with van der Waals surface area (Å²) in [6.07, 6.45) is 2.17. The van der Waals surface area contributed by atoms with E-state index in [9.17, 15) is 4.79 Å². The van der Waals surface area contributed by atoms with Crippen molar-refractivity contribution in [1.29, 1.82) is 0 Å². The minimum absolute atomic E-state index is 0.316. The third kappa shape index (κ3) is 3.43. The lowest BCUT2D eigenvalue weighted by atomic mass is 10.2. The molecule has 7 heteroatoms. The van der Waals surface area contributed by atoms with E-state index in [-0.39, 0.29) is 5.91 Å². The second-order valence-corrected chi connectivity index (χ2v) is 6.60.